The van der Waals surface area contributed by atoms with E-state index in [2.05, 4.69) is 57.0 Å². The van der Waals surface area contributed by atoms with E-state index in [9.17, 15) is 19.2 Å². The lowest BCUT2D eigenvalue weighted by Crippen LogP contribution is -2.45. The Morgan fingerprint density at radius 2 is 1.73 bits per heavy atom. The van der Waals surface area contributed by atoms with Gasteiger partial charge in [0.1, 0.15) is 33.7 Å². The Labute approximate surface area is 378 Å². The first-order valence-electron chi connectivity index (χ1n) is 21.2. The van der Waals surface area contributed by atoms with Crippen LogP contribution in [-0.4, -0.2) is 103 Å². The summed E-state index contributed by atoms with van der Waals surface area (Å²) >= 11 is -0.711. The number of carbonyl (C=O) groups is 4. The van der Waals surface area contributed by atoms with Gasteiger partial charge in [0.15, 0.2) is 0 Å². The third kappa shape index (κ3) is 7.52. The number of H-pyrrole nitrogens is 2. The minimum Gasteiger partial charge on any atom is -0.488 e. The smallest absolute Gasteiger partial charge is 0.411 e. The summed E-state index contributed by atoms with van der Waals surface area (Å²) in [5.41, 5.74) is 7.15. The number of piperidine rings is 1. The van der Waals surface area contributed by atoms with Crippen molar-refractivity contribution in [1.82, 2.24) is 40.4 Å². The van der Waals surface area contributed by atoms with E-state index in [1.54, 1.807) is 18.2 Å². The fourth-order valence-electron chi connectivity index (χ4n) is 9.77. The van der Waals surface area contributed by atoms with Gasteiger partial charge >= 0.3 is 12.2 Å². The molecule has 2 aromatic heterocycles. The monoisotopic (exact) mass is 978 g/mol. The number of benzene rings is 4. The Bertz CT molecular complexity index is 2860. The predicted molar refractivity (Wildman–Crippen MR) is 247 cm³/mol. The number of ether oxygens (including phenoxy) is 4. The summed E-state index contributed by atoms with van der Waals surface area (Å²) in [5.74, 6) is 2.23. The fourth-order valence-corrected chi connectivity index (χ4v) is 11.0. The lowest BCUT2D eigenvalue weighted by molar-refractivity contribution is -0.134. The summed E-state index contributed by atoms with van der Waals surface area (Å²) in [6.45, 7) is 1.28. The number of imidazole rings is 2. The molecule has 10 rings (SSSR count). The SMILES string of the molecule is COC[C@H]1C[C@@H](c2ncc(-c3ccc4c(c3)COc3cc5c(ccc6[nH]c(C7C[C@H]8C[C@H]8N7C(=O)C(NC(=O)OC)=IC)nc65)cc3-4)[nH]2)N(C(=O)[C@H](NC(=O)OC)c2ccccc2)C1. The lowest BCUT2D eigenvalue weighted by atomic mass is 9.92. The number of hydrogen-bond donors (Lipinski definition) is 4. The van der Waals surface area contributed by atoms with Crippen LogP contribution in [0.1, 0.15) is 60.2 Å². The van der Waals surface area contributed by atoms with Gasteiger partial charge in [-0.25, -0.2) is 19.6 Å². The van der Waals surface area contributed by atoms with E-state index in [1.165, 1.54) is 14.2 Å². The van der Waals surface area contributed by atoms with E-state index in [4.69, 9.17) is 28.9 Å². The van der Waals surface area contributed by atoms with Gasteiger partial charge in [-0.1, -0.05) is 69.3 Å². The third-order valence-electron chi connectivity index (χ3n) is 12.9. The lowest BCUT2D eigenvalue weighted by Gasteiger charge is -2.28. The van der Waals surface area contributed by atoms with Crippen LogP contribution in [0.15, 0.2) is 79.0 Å². The van der Waals surface area contributed by atoms with Crippen LogP contribution in [0.25, 0.3) is 44.2 Å². The van der Waals surface area contributed by atoms with Crippen LogP contribution < -0.4 is 15.4 Å². The Morgan fingerprint density at radius 3 is 2.52 bits per heavy atom. The quantitative estimate of drug-likeness (QED) is 0.0817. The number of nitrogens with zero attached hydrogens (tertiary/aromatic N) is 4. The van der Waals surface area contributed by atoms with E-state index in [0.717, 1.165) is 74.2 Å². The number of hydrogen-bond acceptors (Lipinski definition) is 10. The van der Waals surface area contributed by atoms with Crippen LogP contribution in [-0.2, 0) is 30.4 Å². The standard InChI is InChI=1S/C47H47IN8O8/c1-48-41(54-47(60)63-4)45(58)56-35-17-28(35)18-37(56)43-50-33-13-11-26-16-32-30-12-10-27(15-29(30)23-64-38(32)19-31(26)40(33)52-43)34-20-49-42(51-34)36-14-24(22-61-2)21-55(36)44(57)39(53-46(59)62-3)25-8-6-5-7-9-25/h5-13,15-16,19-20,24,28,35-37,39H,14,17-18,21-23H2,1-4H3,(H,49,51)(H,50,52)(H,53,59)(H,54,60)/t24-,28+,35+,36-,37?,39+/m0/s1. The molecule has 3 fully saturated rings. The zero-order valence-electron chi connectivity index (χ0n) is 35.6. The molecule has 0 bridgehead atoms. The number of methoxy groups -OCH3 is 3. The number of alkyl halides is 1. The number of halogens is 1. The van der Waals surface area contributed by atoms with Crippen molar-refractivity contribution in [2.45, 2.75) is 50.0 Å². The molecular weight excluding hydrogens is 931 g/mol. The topological polar surface area (TPSA) is 193 Å². The van der Waals surface area contributed by atoms with Crippen LogP contribution in [0, 0.1) is 11.8 Å². The number of carbonyl (C=O) groups excluding carboxylic acids is 4. The highest BCUT2D eigenvalue weighted by molar-refractivity contribution is 14.2. The second-order valence-electron chi connectivity index (χ2n) is 16.7. The van der Waals surface area contributed by atoms with Crippen molar-refractivity contribution in [3.63, 3.8) is 0 Å². The molecule has 4 amide bonds. The highest BCUT2D eigenvalue weighted by Crippen LogP contribution is 2.53. The number of fused-ring (bicyclic) bond motifs is 7. The Morgan fingerprint density at radius 1 is 0.906 bits per heavy atom. The molecule has 1 aliphatic carbocycles. The maximum Gasteiger partial charge on any atom is 0.411 e. The zero-order valence-corrected chi connectivity index (χ0v) is 37.8. The van der Waals surface area contributed by atoms with Gasteiger partial charge < -0.3 is 44.0 Å². The molecule has 0 spiro atoms. The molecule has 330 valence electrons. The first-order valence-corrected chi connectivity index (χ1v) is 24.4. The number of aromatic amines is 2. The van der Waals surface area contributed by atoms with Gasteiger partial charge in [-0.05, 0) is 82.0 Å². The van der Waals surface area contributed by atoms with Crippen LogP contribution >= 0.6 is 20.7 Å². The second-order valence-corrected chi connectivity index (χ2v) is 18.8. The third-order valence-corrected chi connectivity index (χ3v) is 14.7. The molecule has 5 heterocycles. The summed E-state index contributed by atoms with van der Waals surface area (Å²) in [6, 6.07) is 22.4. The largest absolute Gasteiger partial charge is 0.488 e. The molecule has 4 aliphatic rings. The summed E-state index contributed by atoms with van der Waals surface area (Å²) < 4.78 is 22.1. The molecule has 1 unspecified atom stereocenters. The molecule has 6 atom stereocenters. The summed E-state index contributed by atoms with van der Waals surface area (Å²) in [6.07, 6.45) is 2.88. The first-order chi connectivity index (χ1) is 31.2. The van der Waals surface area contributed by atoms with Crippen molar-refractivity contribution in [3.05, 3.63) is 102 Å². The van der Waals surface area contributed by atoms with Crippen molar-refractivity contribution in [3.8, 4) is 28.1 Å². The molecule has 1 saturated carbocycles. The summed E-state index contributed by atoms with van der Waals surface area (Å²) in [5, 5.41) is 7.37. The molecule has 6 aromatic rings. The maximum absolute atomic E-state index is 14.3. The highest BCUT2D eigenvalue weighted by Gasteiger charge is 2.55. The van der Waals surface area contributed by atoms with Crippen molar-refractivity contribution in [1.29, 1.82) is 0 Å². The molecule has 2 saturated heterocycles. The number of aromatic nitrogens is 4. The van der Waals surface area contributed by atoms with E-state index < -0.39 is 39.0 Å². The molecule has 3 aliphatic heterocycles. The van der Waals surface area contributed by atoms with Crippen LogP contribution in [0.5, 0.6) is 5.75 Å². The van der Waals surface area contributed by atoms with Gasteiger partial charge in [0, 0.05) is 36.6 Å². The van der Waals surface area contributed by atoms with Crippen molar-refractivity contribution in [2.75, 3.05) is 39.4 Å². The Balaban J connectivity index is 0.909. The van der Waals surface area contributed by atoms with Gasteiger partial charge in [-0.15, -0.1) is 0 Å². The predicted octanol–water partition coefficient (Wildman–Crippen LogP) is 7.05. The summed E-state index contributed by atoms with van der Waals surface area (Å²) in [4.78, 5) is 75.2. The van der Waals surface area contributed by atoms with Gasteiger partial charge in [-0.3, -0.25) is 14.9 Å². The normalized spacial score (nSPS) is 21.6. The first kappa shape index (κ1) is 41.7. The van der Waals surface area contributed by atoms with Gasteiger partial charge in [0.2, 0.25) is 0 Å². The van der Waals surface area contributed by atoms with Crippen LogP contribution in [0.3, 0.4) is 0 Å². The van der Waals surface area contributed by atoms with Crippen LogP contribution in [0.2, 0.25) is 0 Å². The molecule has 4 N–H and O–H groups in total. The molecule has 64 heavy (non-hydrogen) atoms. The Hall–Kier alpha value is -6.34. The fraction of sp³-hybridized carbons (Fsp3) is 0.340. The molecular formula is C47H47IN8O8. The number of amides is 4. The Kier molecular flexibility index (Phi) is 11.1. The number of rotatable bonds is 10. The number of likely N-dealkylation sites (tertiary alicyclic amines) is 2. The van der Waals surface area contributed by atoms with Gasteiger partial charge in [-0.2, -0.15) is 0 Å². The van der Waals surface area contributed by atoms with Crippen LogP contribution in [0.4, 0.5) is 9.59 Å². The van der Waals surface area contributed by atoms with E-state index in [0.29, 0.717) is 47.1 Å². The summed E-state index contributed by atoms with van der Waals surface area (Å²) in [7, 11) is 4.22. The average Bonchev–Trinajstić information content (AvgIpc) is 3.79. The average molecular weight is 979 g/mol. The minimum absolute atomic E-state index is 0.0705. The maximum atomic E-state index is 14.3. The van der Waals surface area contributed by atoms with E-state index in [1.807, 2.05) is 46.2 Å². The van der Waals surface area contributed by atoms with Crippen molar-refractivity contribution >= 4 is 70.2 Å². The zero-order chi connectivity index (χ0) is 44.2. The highest BCUT2D eigenvalue weighted by atomic mass is 127. The van der Waals surface area contributed by atoms with Gasteiger partial charge in [0.05, 0.1) is 55.8 Å². The molecule has 16 nitrogen and oxygen atoms in total. The molecule has 4 aromatic carbocycles. The van der Waals surface area contributed by atoms with Crippen molar-refractivity contribution < 1.29 is 38.1 Å². The van der Waals surface area contributed by atoms with E-state index in [-0.39, 0.29) is 35.9 Å². The van der Waals surface area contributed by atoms with Crippen molar-refractivity contribution in [2.24, 2.45) is 11.8 Å². The minimum atomic E-state index is -0.946. The number of alkyl carbamates (subject to hydrolysis) is 2. The van der Waals surface area contributed by atoms with Gasteiger partial charge in [0.25, 0.3) is 11.8 Å². The molecule has 17 heteroatoms. The number of nitrogens with one attached hydrogen (secondary N) is 4. The second kappa shape index (κ2) is 17.0. The van der Waals surface area contributed by atoms with E-state index >= 15 is 0 Å². The molecule has 0 radical (unpaired) electrons.